The van der Waals surface area contributed by atoms with Gasteiger partial charge < -0.3 is 5.32 Å². The lowest BCUT2D eigenvalue weighted by Crippen LogP contribution is -2.24. The van der Waals surface area contributed by atoms with E-state index in [1.807, 2.05) is 69.3 Å². The van der Waals surface area contributed by atoms with Crippen molar-refractivity contribution in [3.05, 3.63) is 88.9 Å². The van der Waals surface area contributed by atoms with E-state index in [9.17, 15) is 4.79 Å². The topological polar surface area (TPSA) is 59.3 Å². The normalized spacial score (nSPS) is 11.0. The van der Waals surface area contributed by atoms with Crippen molar-refractivity contribution in [2.75, 3.05) is 0 Å². The van der Waals surface area contributed by atoms with Crippen LogP contribution in [0.5, 0.6) is 0 Å². The van der Waals surface area contributed by atoms with E-state index in [2.05, 4.69) is 21.5 Å². The minimum absolute atomic E-state index is 0.150. The molecule has 140 valence electrons. The minimum Gasteiger partial charge on any atom is -0.348 e. The summed E-state index contributed by atoms with van der Waals surface area (Å²) in [6.45, 7) is 6.38. The number of nitrogens with one attached hydrogen (secondary N) is 1. The molecule has 0 atom stereocenters. The van der Waals surface area contributed by atoms with Crippen LogP contribution in [0, 0.1) is 20.8 Å². The maximum Gasteiger partial charge on any atom is 0.254 e. The number of aromatic nitrogens is 3. The molecule has 2 aromatic heterocycles. The van der Waals surface area contributed by atoms with Crippen molar-refractivity contribution in [2.45, 2.75) is 27.3 Å². The van der Waals surface area contributed by atoms with Crippen LogP contribution in [0.3, 0.4) is 0 Å². The van der Waals surface area contributed by atoms with E-state index >= 15 is 0 Å². The zero-order valence-electron chi connectivity index (χ0n) is 16.2. The van der Waals surface area contributed by atoms with E-state index in [4.69, 9.17) is 0 Å². The van der Waals surface area contributed by atoms with Gasteiger partial charge in [-0.15, -0.1) is 0 Å². The Morgan fingerprint density at radius 2 is 1.82 bits per heavy atom. The van der Waals surface area contributed by atoms with Crippen molar-refractivity contribution < 1.29 is 4.79 Å². The van der Waals surface area contributed by atoms with Crippen molar-refractivity contribution in [2.24, 2.45) is 0 Å². The van der Waals surface area contributed by atoms with Crippen LogP contribution in [-0.2, 0) is 6.54 Å². The molecule has 1 N–H and O–H groups in total. The SMILES string of the molecule is Cc1cccc(CNC(=O)c2cnc3c(-c4ccccc4)c(C)nn3c2C)c1. The van der Waals surface area contributed by atoms with E-state index < -0.39 is 0 Å². The molecule has 5 heteroatoms. The van der Waals surface area contributed by atoms with E-state index in [0.717, 1.165) is 33.7 Å². The Hall–Kier alpha value is -3.47. The van der Waals surface area contributed by atoms with Crippen LogP contribution in [0.2, 0.25) is 0 Å². The number of nitrogens with zero attached hydrogens (tertiary/aromatic N) is 3. The van der Waals surface area contributed by atoms with Gasteiger partial charge in [-0.25, -0.2) is 9.50 Å². The fourth-order valence-electron chi connectivity index (χ4n) is 3.47. The van der Waals surface area contributed by atoms with Gasteiger partial charge in [0.25, 0.3) is 5.91 Å². The highest BCUT2D eigenvalue weighted by molar-refractivity contribution is 5.95. The van der Waals surface area contributed by atoms with Gasteiger partial charge in [0.15, 0.2) is 5.65 Å². The van der Waals surface area contributed by atoms with Gasteiger partial charge in [0.2, 0.25) is 0 Å². The Bertz CT molecular complexity index is 1160. The number of aryl methyl sites for hydroxylation is 3. The summed E-state index contributed by atoms with van der Waals surface area (Å²) in [5.41, 5.74) is 7.26. The lowest BCUT2D eigenvalue weighted by molar-refractivity contribution is 0.0949. The molecule has 0 aliphatic carbocycles. The summed E-state index contributed by atoms with van der Waals surface area (Å²) in [5, 5.41) is 7.62. The Morgan fingerprint density at radius 3 is 2.57 bits per heavy atom. The van der Waals surface area contributed by atoms with Crippen molar-refractivity contribution in [1.29, 1.82) is 0 Å². The first kappa shape index (κ1) is 17.9. The van der Waals surface area contributed by atoms with Crippen LogP contribution < -0.4 is 5.32 Å². The monoisotopic (exact) mass is 370 g/mol. The zero-order valence-corrected chi connectivity index (χ0v) is 16.2. The summed E-state index contributed by atoms with van der Waals surface area (Å²) in [6.07, 6.45) is 1.64. The predicted octanol–water partition coefficient (Wildman–Crippen LogP) is 4.25. The Morgan fingerprint density at radius 1 is 1.04 bits per heavy atom. The number of rotatable bonds is 4. The number of hydrogen-bond acceptors (Lipinski definition) is 3. The smallest absolute Gasteiger partial charge is 0.254 e. The number of carbonyl (C=O) groups is 1. The molecule has 4 aromatic rings. The molecule has 0 saturated carbocycles. The van der Waals surface area contributed by atoms with Crippen LogP contribution in [0.1, 0.15) is 32.9 Å². The fraction of sp³-hybridized carbons (Fsp3) is 0.174. The van der Waals surface area contributed by atoms with Gasteiger partial charge in [-0.05, 0) is 31.9 Å². The van der Waals surface area contributed by atoms with Gasteiger partial charge >= 0.3 is 0 Å². The van der Waals surface area contributed by atoms with Crippen molar-refractivity contribution in [1.82, 2.24) is 19.9 Å². The standard InChI is InChI=1S/C23H22N4O/c1-15-8-7-9-18(12-15)13-25-23(28)20-14-24-22-21(19-10-5-4-6-11-19)16(2)26-27(22)17(20)3/h4-12,14H,13H2,1-3H3,(H,25,28). The summed E-state index contributed by atoms with van der Waals surface area (Å²) < 4.78 is 1.76. The van der Waals surface area contributed by atoms with Crippen LogP contribution in [0.25, 0.3) is 16.8 Å². The highest BCUT2D eigenvalue weighted by Gasteiger charge is 2.18. The molecule has 0 aliphatic rings. The van der Waals surface area contributed by atoms with E-state index in [0.29, 0.717) is 12.1 Å². The highest BCUT2D eigenvalue weighted by atomic mass is 16.1. The van der Waals surface area contributed by atoms with Gasteiger partial charge in [-0.1, -0.05) is 60.2 Å². The Kier molecular flexibility index (Phi) is 4.65. The fourth-order valence-corrected chi connectivity index (χ4v) is 3.47. The van der Waals surface area contributed by atoms with Gasteiger partial charge in [-0.2, -0.15) is 5.10 Å². The second-order valence-corrected chi connectivity index (χ2v) is 6.99. The van der Waals surface area contributed by atoms with E-state index in [-0.39, 0.29) is 5.91 Å². The molecule has 0 bridgehead atoms. The third-order valence-corrected chi connectivity index (χ3v) is 4.90. The van der Waals surface area contributed by atoms with Crippen LogP contribution in [-0.4, -0.2) is 20.5 Å². The molecule has 1 amide bonds. The van der Waals surface area contributed by atoms with Crippen LogP contribution >= 0.6 is 0 Å². The first-order valence-corrected chi connectivity index (χ1v) is 9.28. The van der Waals surface area contributed by atoms with Gasteiger partial charge in [0.1, 0.15) is 0 Å². The second kappa shape index (κ2) is 7.27. The molecule has 4 rings (SSSR count). The lowest BCUT2D eigenvalue weighted by Gasteiger charge is -2.09. The summed E-state index contributed by atoms with van der Waals surface area (Å²) in [4.78, 5) is 17.3. The summed E-state index contributed by atoms with van der Waals surface area (Å²) >= 11 is 0. The second-order valence-electron chi connectivity index (χ2n) is 6.99. The first-order valence-electron chi connectivity index (χ1n) is 9.28. The summed E-state index contributed by atoms with van der Waals surface area (Å²) in [5.74, 6) is -0.150. The van der Waals surface area contributed by atoms with E-state index in [1.54, 1.807) is 10.7 Å². The van der Waals surface area contributed by atoms with Crippen molar-refractivity contribution in [3.63, 3.8) is 0 Å². The maximum atomic E-state index is 12.7. The highest BCUT2D eigenvalue weighted by Crippen LogP contribution is 2.27. The molecule has 0 radical (unpaired) electrons. The summed E-state index contributed by atoms with van der Waals surface area (Å²) in [6, 6.07) is 18.2. The molecule has 0 aliphatic heterocycles. The number of carbonyl (C=O) groups excluding carboxylic acids is 1. The Balaban J connectivity index is 1.66. The van der Waals surface area contributed by atoms with Crippen LogP contribution in [0.4, 0.5) is 0 Å². The molecule has 5 nitrogen and oxygen atoms in total. The minimum atomic E-state index is -0.150. The molecule has 0 saturated heterocycles. The molecule has 0 spiro atoms. The quantitative estimate of drug-likeness (QED) is 0.584. The molecular formula is C23H22N4O. The Labute approximate surface area is 164 Å². The van der Waals surface area contributed by atoms with E-state index in [1.165, 1.54) is 5.56 Å². The zero-order chi connectivity index (χ0) is 19.7. The first-order chi connectivity index (χ1) is 13.5. The van der Waals surface area contributed by atoms with Gasteiger partial charge in [0, 0.05) is 18.3 Å². The van der Waals surface area contributed by atoms with Gasteiger partial charge in [-0.3, -0.25) is 4.79 Å². The molecule has 0 unspecified atom stereocenters. The summed E-state index contributed by atoms with van der Waals surface area (Å²) in [7, 11) is 0. The number of benzene rings is 2. The maximum absolute atomic E-state index is 12.7. The lowest BCUT2D eigenvalue weighted by atomic mass is 10.1. The van der Waals surface area contributed by atoms with Crippen molar-refractivity contribution in [3.8, 4) is 11.1 Å². The largest absolute Gasteiger partial charge is 0.348 e. The number of hydrogen-bond donors (Lipinski definition) is 1. The molecule has 0 fully saturated rings. The third-order valence-electron chi connectivity index (χ3n) is 4.90. The average molecular weight is 370 g/mol. The van der Waals surface area contributed by atoms with Gasteiger partial charge in [0.05, 0.1) is 17.0 Å². The molecular weight excluding hydrogens is 348 g/mol. The third kappa shape index (κ3) is 3.27. The molecule has 2 aromatic carbocycles. The van der Waals surface area contributed by atoms with Crippen LogP contribution in [0.15, 0.2) is 60.8 Å². The van der Waals surface area contributed by atoms with Crippen molar-refractivity contribution >= 4 is 11.6 Å². The molecule has 2 heterocycles. The number of amides is 1. The predicted molar refractivity (Wildman–Crippen MR) is 110 cm³/mol. The number of fused-ring (bicyclic) bond motifs is 1. The average Bonchev–Trinajstić information content (AvgIpc) is 3.04. The molecule has 28 heavy (non-hydrogen) atoms.